The third kappa shape index (κ3) is 5.92. The van der Waals surface area contributed by atoms with Crippen LogP contribution in [-0.4, -0.2) is 27.1 Å². The van der Waals surface area contributed by atoms with Gasteiger partial charge in [-0.05, 0) is 60.5 Å². The van der Waals surface area contributed by atoms with E-state index in [4.69, 9.17) is 8.92 Å². The summed E-state index contributed by atoms with van der Waals surface area (Å²) in [5.74, 6) is 0.410. The van der Waals surface area contributed by atoms with Crippen LogP contribution in [0.5, 0.6) is 11.5 Å². The maximum atomic E-state index is 12.2. The maximum Gasteiger partial charge on any atom is 0.339 e. The topological polar surface area (TPSA) is 94.1 Å². The molecule has 0 fully saturated rings. The number of hydrogen-bond donors (Lipinski definition) is 1. The number of ether oxygens (including phenoxy) is 1. The molecule has 1 N–H and O–H groups in total. The van der Waals surface area contributed by atoms with Crippen LogP contribution < -0.4 is 14.3 Å². The monoisotopic (exact) mass is 424 g/mol. The second-order valence-electron chi connectivity index (χ2n) is 6.27. The first kappa shape index (κ1) is 21.1. The molecule has 0 radical (unpaired) electrons. The van der Waals surface area contributed by atoms with Crippen molar-refractivity contribution in [2.75, 3.05) is 6.61 Å². The van der Waals surface area contributed by atoms with Gasteiger partial charge in [-0.15, -0.1) is 0 Å². The number of rotatable bonds is 8. The fourth-order valence-corrected chi connectivity index (χ4v) is 3.40. The van der Waals surface area contributed by atoms with E-state index < -0.39 is 16.0 Å². The van der Waals surface area contributed by atoms with Gasteiger partial charge in [-0.2, -0.15) is 13.5 Å². The van der Waals surface area contributed by atoms with Crippen LogP contribution >= 0.6 is 0 Å². The lowest BCUT2D eigenvalue weighted by Gasteiger charge is -2.07. The molecule has 7 nitrogen and oxygen atoms in total. The van der Waals surface area contributed by atoms with Crippen molar-refractivity contribution in [1.29, 1.82) is 0 Å². The first-order valence-electron chi connectivity index (χ1n) is 9.04. The quantitative estimate of drug-likeness (QED) is 0.340. The zero-order valence-corrected chi connectivity index (χ0v) is 17.0. The van der Waals surface area contributed by atoms with Crippen molar-refractivity contribution in [2.24, 2.45) is 5.10 Å². The zero-order chi connectivity index (χ0) is 21.4. The summed E-state index contributed by atoms with van der Waals surface area (Å²) < 4.78 is 35.0. The summed E-state index contributed by atoms with van der Waals surface area (Å²) in [5, 5.41) is 3.86. The van der Waals surface area contributed by atoms with E-state index in [2.05, 4.69) is 10.5 Å². The van der Waals surface area contributed by atoms with Crippen LogP contribution in [0.4, 0.5) is 0 Å². The number of nitrogens with zero attached hydrogens (tertiary/aromatic N) is 1. The Morgan fingerprint density at radius 2 is 1.63 bits per heavy atom. The first-order valence-corrected chi connectivity index (χ1v) is 10.4. The molecular formula is C22H20N2O5S. The van der Waals surface area contributed by atoms with E-state index in [1.165, 1.54) is 30.5 Å². The highest BCUT2D eigenvalue weighted by Gasteiger charge is 2.15. The molecule has 154 valence electrons. The van der Waals surface area contributed by atoms with Gasteiger partial charge in [-0.1, -0.05) is 36.4 Å². The summed E-state index contributed by atoms with van der Waals surface area (Å²) in [6, 6.07) is 21.5. The lowest BCUT2D eigenvalue weighted by atomic mass is 10.2. The Balaban J connectivity index is 1.51. The predicted molar refractivity (Wildman–Crippen MR) is 113 cm³/mol. The lowest BCUT2D eigenvalue weighted by molar-refractivity contribution is -0.123. The van der Waals surface area contributed by atoms with E-state index in [1.807, 2.05) is 25.1 Å². The summed E-state index contributed by atoms with van der Waals surface area (Å²) in [6.45, 7) is 1.73. The van der Waals surface area contributed by atoms with Crippen molar-refractivity contribution in [1.82, 2.24) is 5.43 Å². The third-order valence-electron chi connectivity index (χ3n) is 3.97. The van der Waals surface area contributed by atoms with Crippen LogP contribution in [0.15, 0.2) is 88.9 Å². The summed E-state index contributed by atoms with van der Waals surface area (Å²) in [4.78, 5) is 11.9. The second kappa shape index (κ2) is 9.71. The van der Waals surface area contributed by atoms with Crippen molar-refractivity contribution in [3.63, 3.8) is 0 Å². The van der Waals surface area contributed by atoms with Gasteiger partial charge in [0, 0.05) is 0 Å². The molecule has 3 rings (SSSR count). The van der Waals surface area contributed by atoms with Gasteiger partial charge in [0.1, 0.15) is 16.4 Å². The van der Waals surface area contributed by atoms with E-state index in [1.54, 1.807) is 36.4 Å². The molecule has 0 spiro atoms. The van der Waals surface area contributed by atoms with Gasteiger partial charge in [-0.25, -0.2) is 5.43 Å². The molecule has 0 saturated carbocycles. The SMILES string of the molecule is Cc1ccccc1OCC(=O)N/N=C/c1ccc(OS(=O)(=O)c2ccccc2)cc1. The molecule has 1 amide bonds. The fraction of sp³-hybridized carbons (Fsp3) is 0.0909. The number of para-hydroxylation sites is 1. The zero-order valence-electron chi connectivity index (χ0n) is 16.2. The molecule has 30 heavy (non-hydrogen) atoms. The number of amides is 1. The Labute approximate surface area is 175 Å². The number of nitrogens with one attached hydrogen (secondary N) is 1. The average Bonchev–Trinajstić information content (AvgIpc) is 2.75. The number of benzene rings is 3. The summed E-state index contributed by atoms with van der Waals surface area (Å²) >= 11 is 0. The molecule has 0 aliphatic carbocycles. The van der Waals surface area contributed by atoms with Crippen LogP contribution in [0.25, 0.3) is 0 Å². The van der Waals surface area contributed by atoms with Crippen molar-refractivity contribution >= 4 is 22.2 Å². The highest BCUT2D eigenvalue weighted by molar-refractivity contribution is 7.87. The maximum absolute atomic E-state index is 12.2. The molecule has 0 aliphatic heterocycles. The third-order valence-corrected chi connectivity index (χ3v) is 5.23. The number of hydrogen-bond acceptors (Lipinski definition) is 6. The van der Waals surface area contributed by atoms with Crippen LogP contribution in [0.1, 0.15) is 11.1 Å². The molecule has 0 bridgehead atoms. The van der Waals surface area contributed by atoms with Gasteiger partial charge < -0.3 is 8.92 Å². The highest BCUT2D eigenvalue weighted by atomic mass is 32.2. The molecule has 0 aromatic heterocycles. The smallest absolute Gasteiger partial charge is 0.339 e. The van der Waals surface area contributed by atoms with Crippen molar-refractivity contribution in [3.8, 4) is 11.5 Å². The molecule has 0 aliphatic rings. The summed E-state index contributed by atoms with van der Waals surface area (Å²) in [7, 11) is -3.89. The number of carbonyl (C=O) groups excluding carboxylic acids is 1. The molecule has 0 heterocycles. The minimum Gasteiger partial charge on any atom is -0.483 e. The van der Waals surface area contributed by atoms with Crippen molar-refractivity contribution in [3.05, 3.63) is 90.0 Å². The van der Waals surface area contributed by atoms with Crippen LogP contribution in [-0.2, 0) is 14.9 Å². The predicted octanol–water partition coefficient (Wildman–Crippen LogP) is 3.29. The fourth-order valence-electron chi connectivity index (χ4n) is 2.44. The minimum atomic E-state index is -3.89. The van der Waals surface area contributed by atoms with Crippen molar-refractivity contribution in [2.45, 2.75) is 11.8 Å². The molecular weight excluding hydrogens is 404 g/mol. The molecule has 3 aromatic carbocycles. The Morgan fingerprint density at radius 3 is 2.33 bits per heavy atom. The molecule has 8 heteroatoms. The van der Waals surface area contributed by atoms with E-state index in [0.717, 1.165) is 5.56 Å². The number of hydrazone groups is 1. The van der Waals surface area contributed by atoms with Gasteiger partial charge in [0.25, 0.3) is 5.91 Å². The molecule has 0 atom stereocenters. The van der Waals surface area contributed by atoms with Gasteiger partial charge in [0.05, 0.1) is 6.21 Å². The van der Waals surface area contributed by atoms with Crippen LogP contribution in [0.3, 0.4) is 0 Å². The Morgan fingerprint density at radius 1 is 0.967 bits per heavy atom. The van der Waals surface area contributed by atoms with E-state index >= 15 is 0 Å². The van der Waals surface area contributed by atoms with Crippen LogP contribution in [0, 0.1) is 6.92 Å². The Bertz CT molecular complexity index is 1130. The molecule has 0 saturated heterocycles. The number of aryl methyl sites for hydroxylation is 1. The minimum absolute atomic E-state index is 0.0752. The van der Waals surface area contributed by atoms with Gasteiger partial charge >= 0.3 is 10.1 Å². The van der Waals surface area contributed by atoms with E-state index in [-0.39, 0.29) is 17.3 Å². The summed E-state index contributed by atoms with van der Waals surface area (Å²) in [5.41, 5.74) is 3.96. The second-order valence-corrected chi connectivity index (χ2v) is 7.81. The van der Waals surface area contributed by atoms with Gasteiger partial charge in [-0.3, -0.25) is 4.79 Å². The molecule has 0 unspecified atom stereocenters. The van der Waals surface area contributed by atoms with E-state index in [9.17, 15) is 13.2 Å². The lowest BCUT2D eigenvalue weighted by Crippen LogP contribution is -2.24. The normalized spacial score (nSPS) is 11.2. The largest absolute Gasteiger partial charge is 0.483 e. The number of carbonyl (C=O) groups is 1. The van der Waals surface area contributed by atoms with Gasteiger partial charge in [0.2, 0.25) is 0 Å². The standard InChI is InChI=1S/C22H20N2O5S/c1-17-7-5-6-10-21(17)28-16-22(25)24-23-15-18-11-13-19(14-12-18)29-30(26,27)20-8-3-2-4-9-20/h2-15H,16H2,1H3,(H,24,25)/b23-15+. The van der Waals surface area contributed by atoms with Crippen LogP contribution in [0.2, 0.25) is 0 Å². The van der Waals surface area contributed by atoms with Gasteiger partial charge in [0.15, 0.2) is 6.61 Å². The molecule has 3 aromatic rings. The Kier molecular flexibility index (Phi) is 6.82. The van der Waals surface area contributed by atoms with E-state index in [0.29, 0.717) is 11.3 Å². The first-order chi connectivity index (χ1) is 14.4. The average molecular weight is 424 g/mol. The summed E-state index contributed by atoms with van der Waals surface area (Å²) in [6.07, 6.45) is 1.43. The highest BCUT2D eigenvalue weighted by Crippen LogP contribution is 2.18. The Hall–Kier alpha value is -3.65. The van der Waals surface area contributed by atoms with Crippen molar-refractivity contribution < 1.29 is 22.1 Å².